The first kappa shape index (κ1) is 9.27. The number of carbonyl (C=O) groups is 1. The Morgan fingerprint density at radius 1 is 1.33 bits per heavy atom. The molecule has 0 fully saturated rings. The first-order valence-electron chi connectivity index (χ1n) is 3.90. The van der Waals surface area contributed by atoms with Gasteiger partial charge < -0.3 is 4.79 Å². The van der Waals surface area contributed by atoms with Crippen LogP contribution in [0.5, 0.6) is 0 Å². The predicted molar refractivity (Wildman–Crippen MR) is 50.6 cm³/mol. The van der Waals surface area contributed by atoms with E-state index in [0.29, 0.717) is 0 Å². The molecular formula is C10H11ClO. The lowest BCUT2D eigenvalue weighted by Crippen LogP contribution is -2.10. The summed E-state index contributed by atoms with van der Waals surface area (Å²) in [6.07, 6.45) is 0.777. The summed E-state index contributed by atoms with van der Waals surface area (Å²) >= 11 is 5.78. The lowest BCUT2D eigenvalue weighted by atomic mass is 9.98. The second-order valence-corrected chi connectivity index (χ2v) is 3.28. The van der Waals surface area contributed by atoms with Crippen LogP contribution >= 0.6 is 11.6 Å². The molecule has 12 heavy (non-hydrogen) atoms. The predicted octanol–water partition coefficient (Wildman–Crippen LogP) is 2.60. The smallest absolute Gasteiger partial charge is 0.138 e. The minimum atomic E-state index is -0.424. The summed E-state index contributed by atoms with van der Waals surface area (Å²) in [6, 6.07) is 9.79. The molecule has 0 aliphatic carbocycles. The van der Waals surface area contributed by atoms with Crippen molar-refractivity contribution in [1.29, 1.82) is 0 Å². The minimum Gasteiger partial charge on any atom is -0.302 e. The summed E-state index contributed by atoms with van der Waals surface area (Å²) in [5.41, 5.74) is 1.10. The Kier molecular flexibility index (Phi) is 3.30. The van der Waals surface area contributed by atoms with Crippen molar-refractivity contribution in [3.8, 4) is 0 Å². The van der Waals surface area contributed by atoms with E-state index in [1.54, 1.807) is 0 Å². The van der Waals surface area contributed by atoms with Crippen LogP contribution in [-0.4, -0.2) is 11.7 Å². The zero-order valence-electron chi connectivity index (χ0n) is 6.91. The van der Waals surface area contributed by atoms with Gasteiger partial charge in [-0.05, 0) is 5.56 Å². The molecule has 2 unspecified atom stereocenters. The van der Waals surface area contributed by atoms with E-state index in [4.69, 9.17) is 11.6 Å². The van der Waals surface area contributed by atoms with Crippen molar-refractivity contribution < 1.29 is 4.79 Å². The molecule has 0 amide bonds. The second-order valence-electron chi connectivity index (χ2n) is 2.78. The number of hydrogen-bond donors (Lipinski definition) is 0. The molecule has 0 saturated carbocycles. The van der Waals surface area contributed by atoms with Crippen molar-refractivity contribution in [2.75, 3.05) is 0 Å². The van der Waals surface area contributed by atoms with Gasteiger partial charge in [0.2, 0.25) is 0 Å². The second kappa shape index (κ2) is 4.27. The van der Waals surface area contributed by atoms with Gasteiger partial charge in [-0.2, -0.15) is 0 Å². The summed E-state index contributed by atoms with van der Waals surface area (Å²) in [5.74, 6) is 0.0883. The van der Waals surface area contributed by atoms with Crippen molar-refractivity contribution in [3.05, 3.63) is 35.9 Å². The van der Waals surface area contributed by atoms with Crippen LogP contribution < -0.4 is 0 Å². The normalized spacial score (nSPS) is 15.2. The molecule has 1 nitrogen and oxygen atoms in total. The van der Waals surface area contributed by atoms with E-state index in [2.05, 4.69) is 0 Å². The van der Waals surface area contributed by atoms with Crippen LogP contribution in [0.1, 0.15) is 18.4 Å². The Hall–Kier alpha value is -0.820. The lowest BCUT2D eigenvalue weighted by molar-refractivity contribution is -0.107. The van der Waals surface area contributed by atoms with Gasteiger partial charge in [0.05, 0.1) is 5.38 Å². The van der Waals surface area contributed by atoms with E-state index in [1.165, 1.54) is 0 Å². The van der Waals surface area contributed by atoms with Crippen LogP contribution in [-0.2, 0) is 4.79 Å². The first-order valence-corrected chi connectivity index (χ1v) is 4.33. The highest BCUT2D eigenvalue weighted by Crippen LogP contribution is 2.21. The summed E-state index contributed by atoms with van der Waals surface area (Å²) < 4.78 is 0. The molecule has 0 bridgehead atoms. The highest BCUT2D eigenvalue weighted by molar-refractivity contribution is 6.28. The molecule has 1 aromatic rings. The molecule has 0 heterocycles. The summed E-state index contributed by atoms with van der Waals surface area (Å²) in [7, 11) is 0. The molecule has 2 atom stereocenters. The maximum absolute atomic E-state index is 10.4. The minimum absolute atomic E-state index is 0.0883. The topological polar surface area (TPSA) is 17.1 Å². The van der Waals surface area contributed by atoms with Gasteiger partial charge in [0.1, 0.15) is 6.29 Å². The third kappa shape index (κ3) is 2.08. The molecule has 0 saturated heterocycles. The van der Waals surface area contributed by atoms with E-state index in [1.807, 2.05) is 37.3 Å². The number of benzene rings is 1. The molecule has 1 rings (SSSR count). The summed E-state index contributed by atoms with van der Waals surface area (Å²) in [6.45, 7) is 1.95. The van der Waals surface area contributed by atoms with Crippen LogP contribution in [0.2, 0.25) is 0 Å². The SMILES string of the molecule is CC(c1ccccc1)C(Cl)C=O. The summed E-state index contributed by atoms with van der Waals surface area (Å²) in [4.78, 5) is 10.4. The van der Waals surface area contributed by atoms with Gasteiger partial charge >= 0.3 is 0 Å². The van der Waals surface area contributed by atoms with Crippen LogP contribution in [0.4, 0.5) is 0 Å². The number of aldehydes is 1. The number of alkyl halides is 1. The maximum Gasteiger partial charge on any atom is 0.138 e. The van der Waals surface area contributed by atoms with Gasteiger partial charge in [0.25, 0.3) is 0 Å². The Morgan fingerprint density at radius 2 is 1.92 bits per heavy atom. The van der Waals surface area contributed by atoms with Gasteiger partial charge in [0.15, 0.2) is 0 Å². The third-order valence-electron chi connectivity index (χ3n) is 1.93. The van der Waals surface area contributed by atoms with E-state index >= 15 is 0 Å². The van der Waals surface area contributed by atoms with E-state index in [0.717, 1.165) is 11.8 Å². The van der Waals surface area contributed by atoms with Gasteiger partial charge in [-0.25, -0.2) is 0 Å². The molecule has 1 aromatic carbocycles. The fourth-order valence-electron chi connectivity index (χ4n) is 1.06. The number of rotatable bonds is 3. The molecular weight excluding hydrogens is 172 g/mol. The molecule has 0 aliphatic rings. The van der Waals surface area contributed by atoms with E-state index < -0.39 is 5.38 Å². The largest absolute Gasteiger partial charge is 0.302 e. The number of hydrogen-bond acceptors (Lipinski definition) is 1. The molecule has 0 aromatic heterocycles. The zero-order chi connectivity index (χ0) is 8.97. The van der Waals surface area contributed by atoms with Crippen LogP contribution in [0.25, 0.3) is 0 Å². The fraction of sp³-hybridized carbons (Fsp3) is 0.300. The average molecular weight is 183 g/mol. The standard InChI is InChI=1S/C10H11ClO/c1-8(10(11)7-12)9-5-3-2-4-6-9/h2-8,10H,1H3. The Balaban J connectivity index is 2.78. The van der Waals surface area contributed by atoms with Gasteiger partial charge in [-0.1, -0.05) is 37.3 Å². The quantitative estimate of drug-likeness (QED) is 0.519. The van der Waals surface area contributed by atoms with Crippen molar-refractivity contribution in [2.45, 2.75) is 18.2 Å². The molecule has 2 heteroatoms. The lowest BCUT2D eigenvalue weighted by Gasteiger charge is -2.12. The fourth-order valence-corrected chi connectivity index (χ4v) is 1.20. The zero-order valence-corrected chi connectivity index (χ0v) is 7.66. The van der Waals surface area contributed by atoms with Gasteiger partial charge in [-0.3, -0.25) is 0 Å². The third-order valence-corrected chi connectivity index (χ3v) is 2.41. The number of carbonyl (C=O) groups excluding carboxylic acids is 1. The molecule has 0 aliphatic heterocycles. The average Bonchev–Trinajstić information content (AvgIpc) is 2.17. The Labute approximate surface area is 77.4 Å². The Bertz CT molecular complexity index is 245. The molecule has 0 radical (unpaired) electrons. The van der Waals surface area contributed by atoms with E-state index in [-0.39, 0.29) is 5.92 Å². The number of halogens is 1. The highest BCUT2D eigenvalue weighted by Gasteiger charge is 2.14. The van der Waals surface area contributed by atoms with Crippen LogP contribution in [0, 0.1) is 0 Å². The monoisotopic (exact) mass is 182 g/mol. The van der Waals surface area contributed by atoms with Crippen molar-refractivity contribution in [1.82, 2.24) is 0 Å². The maximum atomic E-state index is 10.4. The highest BCUT2D eigenvalue weighted by atomic mass is 35.5. The van der Waals surface area contributed by atoms with Gasteiger partial charge in [0, 0.05) is 5.92 Å². The van der Waals surface area contributed by atoms with Crippen molar-refractivity contribution >= 4 is 17.9 Å². The molecule has 64 valence electrons. The molecule has 0 spiro atoms. The first-order chi connectivity index (χ1) is 5.75. The van der Waals surface area contributed by atoms with E-state index in [9.17, 15) is 4.79 Å². The van der Waals surface area contributed by atoms with Gasteiger partial charge in [-0.15, -0.1) is 11.6 Å². The van der Waals surface area contributed by atoms with Crippen LogP contribution in [0.15, 0.2) is 30.3 Å². The van der Waals surface area contributed by atoms with Crippen molar-refractivity contribution in [2.24, 2.45) is 0 Å². The summed E-state index contributed by atoms with van der Waals surface area (Å²) in [5, 5.41) is -0.424. The Morgan fingerprint density at radius 3 is 2.42 bits per heavy atom. The molecule has 0 N–H and O–H groups in total. The van der Waals surface area contributed by atoms with Crippen molar-refractivity contribution in [3.63, 3.8) is 0 Å². The van der Waals surface area contributed by atoms with Crippen LogP contribution in [0.3, 0.4) is 0 Å².